The molecule has 3 rings (SSSR count). The van der Waals surface area contributed by atoms with Crippen LogP contribution < -0.4 is 10.2 Å². The van der Waals surface area contributed by atoms with Crippen LogP contribution in [-0.4, -0.2) is 53.6 Å². The number of rotatable bonds is 3. The molecule has 2 unspecified atom stereocenters. The molecule has 140 valence electrons. The second-order valence-electron chi connectivity index (χ2n) is 6.71. The molecule has 2 N–H and O–H groups in total. The molecule has 0 radical (unpaired) electrons. The van der Waals surface area contributed by atoms with Gasteiger partial charge in [-0.3, -0.25) is 9.59 Å². The molecule has 0 bridgehead atoms. The van der Waals surface area contributed by atoms with Gasteiger partial charge in [0.05, 0.1) is 16.6 Å². The lowest BCUT2D eigenvalue weighted by Crippen LogP contribution is -2.56. The standard InChI is InChI=1S/C18H22ClN3O4/c19-13-6-1-2-8-15(13)22-10-4-7-14(16(22)23)20-18(26)21-9-3-5-12(11-21)17(24)25/h1-2,6,8,12,14H,3-5,7,9-11H2,(H,20,26)(H,24,25). The lowest BCUT2D eigenvalue weighted by molar-refractivity contribution is -0.143. The van der Waals surface area contributed by atoms with E-state index in [2.05, 4.69) is 5.32 Å². The average Bonchev–Trinajstić information content (AvgIpc) is 2.64. The van der Waals surface area contributed by atoms with Gasteiger partial charge in [-0.25, -0.2) is 4.79 Å². The molecule has 0 saturated carbocycles. The van der Waals surface area contributed by atoms with Crippen molar-refractivity contribution in [1.82, 2.24) is 10.2 Å². The van der Waals surface area contributed by atoms with Gasteiger partial charge in [-0.1, -0.05) is 23.7 Å². The van der Waals surface area contributed by atoms with Crippen molar-refractivity contribution in [3.63, 3.8) is 0 Å². The zero-order valence-corrected chi connectivity index (χ0v) is 15.1. The zero-order valence-electron chi connectivity index (χ0n) is 14.4. The quantitative estimate of drug-likeness (QED) is 0.843. The molecule has 1 aromatic carbocycles. The molecule has 3 amide bonds. The first kappa shape index (κ1) is 18.5. The highest BCUT2D eigenvalue weighted by molar-refractivity contribution is 6.33. The number of anilines is 1. The van der Waals surface area contributed by atoms with Gasteiger partial charge in [0.15, 0.2) is 0 Å². The fourth-order valence-electron chi connectivity index (χ4n) is 3.52. The molecule has 8 heteroatoms. The first-order valence-electron chi connectivity index (χ1n) is 8.81. The number of aliphatic carboxylic acids is 1. The lowest BCUT2D eigenvalue weighted by atomic mass is 9.98. The van der Waals surface area contributed by atoms with E-state index in [1.165, 1.54) is 4.90 Å². The van der Waals surface area contributed by atoms with Crippen LogP contribution in [0.25, 0.3) is 0 Å². The summed E-state index contributed by atoms with van der Waals surface area (Å²) in [5.74, 6) is -1.62. The highest BCUT2D eigenvalue weighted by Crippen LogP contribution is 2.28. The minimum Gasteiger partial charge on any atom is -0.481 e. The summed E-state index contributed by atoms with van der Waals surface area (Å²) in [5, 5.41) is 12.4. The van der Waals surface area contributed by atoms with Crippen LogP contribution in [0.4, 0.5) is 10.5 Å². The van der Waals surface area contributed by atoms with Gasteiger partial charge in [0, 0.05) is 19.6 Å². The van der Waals surface area contributed by atoms with Crippen LogP contribution in [0, 0.1) is 5.92 Å². The Morgan fingerprint density at radius 2 is 1.88 bits per heavy atom. The third kappa shape index (κ3) is 3.93. The largest absolute Gasteiger partial charge is 0.481 e. The summed E-state index contributed by atoms with van der Waals surface area (Å²) in [6.45, 7) is 1.24. The van der Waals surface area contributed by atoms with Crippen molar-refractivity contribution in [2.75, 3.05) is 24.5 Å². The van der Waals surface area contributed by atoms with Crippen molar-refractivity contribution < 1.29 is 19.5 Å². The first-order chi connectivity index (χ1) is 12.5. The molecule has 0 spiro atoms. The van der Waals surface area contributed by atoms with Gasteiger partial charge in [0.25, 0.3) is 0 Å². The summed E-state index contributed by atoms with van der Waals surface area (Å²) < 4.78 is 0. The number of carbonyl (C=O) groups excluding carboxylic acids is 2. The van der Waals surface area contributed by atoms with E-state index in [1.54, 1.807) is 23.1 Å². The Morgan fingerprint density at radius 3 is 2.62 bits per heavy atom. The number of likely N-dealkylation sites (tertiary alicyclic amines) is 1. The van der Waals surface area contributed by atoms with E-state index in [0.29, 0.717) is 43.1 Å². The van der Waals surface area contributed by atoms with Crippen molar-refractivity contribution in [3.05, 3.63) is 29.3 Å². The number of nitrogens with zero attached hydrogens (tertiary/aromatic N) is 2. The number of hydrogen-bond donors (Lipinski definition) is 2. The van der Waals surface area contributed by atoms with Gasteiger partial charge in [0.2, 0.25) is 5.91 Å². The van der Waals surface area contributed by atoms with E-state index in [1.807, 2.05) is 6.07 Å². The molecular formula is C18H22ClN3O4. The monoisotopic (exact) mass is 379 g/mol. The van der Waals surface area contributed by atoms with Gasteiger partial charge in [-0.05, 0) is 37.8 Å². The molecule has 26 heavy (non-hydrogen) atoms. The molecule has 0 aromatic heterocycles. The van der Waals surface area contributed by atoms with Gasteiger partial charge >= 0.3 is 12.0 Å². The summed E-state index contributed by atoms with van der Waals surface area (Å²) in [4.78, 5) is 39.6. The maximum Gasteiger partial charge on any atom is 0.318 e. The summed E-state index contributed by atoms with van der Waals surface area (Å²) in [6.07, 6.45) is 2.53. The van der Waals surface area contributed by atoms with Crippen LogP contribution in [0.15, 0.2) is 24.3 Å². The predicted molar refractivity (Wildman–Crippen MR) is 97.3 cm³/mol. The molecular weight excluding hydrogens is 358 g/mol. The third-order valence-corrected chi connectivity index (χ3v) is 5.26. The van der Waals surface area contributed by atoms with E-state index in [9.17, 15) is 14.4 Å². The number of benzene rings is 1. The van der Waals surface area contributed by atoms with Crippen molar-refractivity contribution in [3.8, 4) is 0 Å². The second kappa shape index (κ2) is 7.95. The van der Waals surface area contributed by atoms with Gasteiger partial charge in [-0.2, -0.15) is 0 Å². The SMILES string of the molecule is O=C(O)C1CCCN(C(=O)NC2CCCN(c3ccccc3Cl)C2=O)C1. The minimum absolute atomic E-state index is 0.177. The van der Waals surface area contributed by atoms with E-state index >= 15 is 0 Å². The number of hydrogen-bond acceptors (Lipinski definition) is 3. The molecule has 7 nitrogen and oxygen atoms in total. The Balaban J connectivity index is 1.66. The van der Waals surface area contributed by atoms with Crippen molar-refractivity contribution in [1.29, 1.82) is 0 Å². The first-order valence-corrected chi connectivity index (χ1v) is 9.19. The molecule has 2 aliphatic heterocycles. The Kier molecular flexibility index (Phi) is 5.66. The van der Waals surface area contributed by atoms with Crippen LogP contribution in [-0.2, 0) is 9.59 Å². The molecule has 1 aromatic rings. The Morgan fingerprint density at radius 1 is 1.15 bits per heavy atom. The molecule has 0 aliphatic carbocycles. The summed E-state index contributed by atoms with van der Waals surface area (Å²) in [7, 11) is 0. The van der Waals surface area contributed by atoms with Gasteiger partial charge in [-0.15, -0.1) is 0 Å². The van der Waals surface area contributed by atoms with Crippen LogP contribution in [0.5, 0.6) is 0 Å². The highest BCUT2D eigenvalue weighted by atomic mass is 35.5. The lowest BCUT2D eigenvalue weighted by Gasteiger charge is -2.36. The number of carboxylic acids is 1. The number of piperidine rings is 2. The predicted octanol–water partition coefficient (Wildman–Crippen LogP) is 2.34. The van der Waals surface area contributed by atoms with E-state index in [4.69, 9.17) is 16.7 Å². The number of halogens is 1. The Labute approximate surface area is 156 Å². The fraction of sp³-hybridized carbons (Fsp3) is 0.500. The average molecular weight is 380 g/mol. The third-order valence-electron chi connectivity index (χ3n) is 4.94. The van der Waals surface area contributed by atoms with Crippen LogP contribution in [0.2, 0.25) is 5.02 Å². The second-order valence-corrected chi connectivity index (χ2v) is 7.12. The van der Waals surface area contributed by atoms with Crippen molar-refractivity contribution in [2.45, 2.75) is 31.7 Å². The van der Waals surface area contributed by atoms with Crippen LogP contribution >= 0.6 is 11.6 Å². The smallest absolute Gasteiger partial charge is 0.318 e. The van der Waals surface area contributed by atoms with E-state index in [0.717, 1.165) is 6.42 Å². The topological polar surface area (TPSA) is 89.9 Å². The van der Waals surface area contributed by atoms with E-state index in [-0.39, 0.29) is 18.5 Å². The Bertz CT molecular complexity index is 711. The summed E-state index contributed by atoms with van der Waals surface area (Å²) in [6, 6.07) is 6.12. The maximum atomic E-state index is 12.8. The number of carboxylic acid groups (broad SMARTS) is 1. The maximum absolute atomic E-state index is 12.8. The molecule has 2 aliphatic rings. The summed E-state index contributed by atoms with van der Waals surface area (Å²) in [5.41, 5.74) is 0.641. The summed E-state index contributed by atoms with van der Waals surface area (Å²) >= 11 is 6.20. The zero-order chi connectivity index (χ0) is 18.7. The fourth-order valence-corrected chi connectivity index (χ4v) is 3.76. The number of amides is 3. The molecule has 2 saturated heterocycles. The molecule has 2 fully saturated rings. The number of para-hydroxylation sites is 1. The normalized spacial score (nSPS) is 23.7. The minimum atomic E-state index is -0.888. The number of nitrogens with one attached hydrogen (secondary N) is 1. The molecule has 2 heterocycles. The van der Waals surface area contributed by atoms with Gasteiger partial charge < -0.3 is 20.2 Å². The highest BCUT2D eigenvalue weighted by Gasteiger charge is 2.34. The Hall–Kier alpha value is -2.28. The van der Waals surface area contributed by atoms with Crippen LogP contribution in [0.3, 0.4) is 0 Å². The van der Waals surface area contributed by atoms with Gasteiger partial charge in [0.1, 0.15) is 6.04 Å². The van der Waals surface area contributed by atoms with Crippen molar-refractivity contribution >= 4 is 35.2 Å². The number of carbonyl (C=O) groups is 3. The number of urea groups is 1. The van der Waals surface area contributed by atoms with E-state index < -0.39 is 17.9 Å². The van der Waals surface area contributed by atoms with Crippen molar-refractivity contribution in [2.24, 2.45) is 5.92 Å². The molecule has 2 atom stereocenters. The van der Waals surface area contributed by atoms with Crippen LogP contribution in [0.1, 0.15) is 25.7 Å².